The molecule has 22 heavy (non-hydrogen) atoms. The molecule has 2 aliphatic heterocycles. The summed E-state index contributed by atoms with van der Waals surface area (Å²) in [6.45, 7) is 3.92. The van der Waals surface area contributed by atoms with Gasteiger partial charge < -0.3 is 14.5 Å². The number of hydrogen-bond acceptors (Lipinski definition) is 5. The van der Waals surface area contributed by atoms with Gasteiger partial charge in [0.15, 0.2) is 5.65 Å². The molecular weight excluding hydrogens is 282 g/mol. The summed E-state index contributed by atoms with van der Waals surface area (Å²) in [6.07, 6.45) is 3.25. The van der Waals surface area contributed by atoms with Crippen LogP contribution in [-0.2, 0) is 4.74 Å². The first-order valence-corrected chi connectivity index (χ1v) is 7.57. The van der Waals surface area contributed by atoms with E-state index in [9.17, 15) is 4.79 Å². The fourth-order valence-corrected chi connectivity index (χ4v) is 3.44. The molecule has 0 aliphatic carbocycles. The van der Waals surface area contributed by atoms with E-state index in [2.05, 4.69) is 22.0 Å². The molecule has 2 aromatic rings. The van der Waals surface area contributed by atoms with Gasteiger partial charge in [-0.2, -0.15) is 5.10 Å². The molecule has 1 amide bonds. The van der Waals surface area contributed by atoms with Gasteiger partial charge in [0.1, 0.15) is 6.33 Å². The largest absolute Gasteiger partial charge is 0.379 e. The first kappa shape index (κ1) is 13.7. The first-order valence-electron chi connectivity index (χ1n) is 7.57. The van der Waals surface area contributed by atoms with Crippen molar-refractivity contribution in [1.29, 1.82) is 0 Å². The number of pyridine rings is 1. The summed E-state index contributed by atoms with van der Waals surface area (Å²) >= 11 is 0. The normalized spacial score (nSPS) is 26.1. The van der Waals surface area contributed by atoms with Crippen LogP contribution in [0.5, 0.6) is 0 Å². The van der Waals surface area contributed by atoms with E-state index in [1.54, 1.807) is 10.7 Å². The van der Waals surface area contributed by atoms with Gasteiger partial charge in [0, 0.05) is 31.7 Å². The lowest BCUT2D eigenvalue weighted by molar-refractivity contribution is 0.0483. The van der Waals surface area contributed by atoms with Crippen molar-refractivity contribution < 1.29 is 9.53 Å². The molecule has 7 heteroatoms. The van der Waals surface area contributed by atoms with Gasteiger partial charge in [-0.15, -0.1) is 0 Å². The minimum atomic E-state index is 0.0493. The second kappa shape index (κ2) is 5.33. The lowest BCUT2D eigenvalue weighted by Gasteiger charge is -2.29. The van der Waals surface area contributed by atoms with Gasteiger partial charge in [-0.3, -0.25) is 4.79 Å². The van der Waals surface area contributed by atoms with E-state index >= 15 is 0 Å². The Morgan fingerprint density at radius 3 is 3.09 bits per heavy atom. The molecule has 2 fully saturated rings. The lowest BCUT2D eigenvalue weighted by Crippen LogP contribution is -2.46. The lowest BCUT2D eigenvalue weighted by atomic mass is 10.1. The Morgan fingerprint density at radius 1 is 1.27 bits per heavy atom. The zero-order chi connectivity index (χ0) is 15.1. The van der Waals surface area contributed by atoms with Gasteiger partial charge in [-0.1, -0.05) is 0 Å². The van der Waals surface area contributed by atoms with Gasteiger partial charge in [0.05, 0.1) is 24.8 Å². The maximum Gasteiger partial charge on any atom is 0.255 e. The summed E-state index contributed by atoms with van der Waals surface area (Å²) in [4.78, 5) is 21.3. The van der Waals surface area contributed by atoms with Crippen LogP contribution in [0.3, 0.4) is 0 Å². The number of aromatic nitrogens is 3. The van der Waals surface area contributed by atoms with Gasteiger partial charge in [0.2, 0.25) is 0 Å². The van der Waals surface area contributed by atoms with Crippen LogP contribution in [0.25, 0.3) is 5.65 Å². The van der Waals surface area contributed by atoms with Crippen LogP contribution in [0, 0.1) is 5.92 Å². The molecule has 7 nitrogen and oxygen atoms in total. The van der Waals surface area contributed by atoms with E-state index in [1.165, 1.54) is 6.33 Å². The van der Waals surface area contributed by atoms with Crippen LogP contribution in [0.4, 0.5) is 0 Å². The van der Waals surface area contributed by atoms with Gasteiger partial charge in [-0.25, -0.2) is 9.50 Å². The van der Waals surface area contributed by atoms with Crippen molar-refractivity contribution in [3.8, 4) is 0 Å². The van der Waals surface area contributed by atoms with Gasteiger partial charge in [0.25, 0.3) is 5.91 Å². The molecule has 2 atom stereocenters. The number of carbonyl (C=O) groups is 1. The quantitative estimate of drug-likeness (QED) is 0.749. The molecule has 116 valence electrons. The molecular formula is C15H19N5O2. The predicted molar refractivity (Wildman–Crippen MR) is 79.6 cm³/mol. The third-order valence-electron chi connectivity index (χ3n) is 4.43. The number of likely N-dealkylation sites (N-methyl/N-ethyl adjacent to an activating group) is 1. The Kier molecular flexibility index (Phi) is 3.31. The molecule has 0 radical (unpaired) electrons. The molecule has 4 heterocycles. The number of carbonyl (C=O) groups excluding carboxylic acids is 1. The average molecular weight is 301 g/mol. The number of hydrogen-bond donors (Lipinski definition) is 0. The topological polar surface area (TPSA) is 63.0 Å². The summed E-state index contributed by atoms with van der Waals surface area (Å²) < 4.78 is 7.37. The monoisotopic (exact) mass is 301 g/mol. The molecule has 2 aliphatic rings. The SMILES string of the molecule is CN1C[C@@H]2COC[C@H](C1)N(C(=O)c1ccc3ncnn3c1)C2. The summed E-state index contributed by atoms with van der Waals surface area (Å²) in [5.41, 5.74) is 1.39. The first-order chi connectivity index (χ1) is 10.7. The van der Waals surface area contributed by atoms with Crippen LogP contribution < -0.4 is 0 Å². The van der Waals surface area contributed by atoms with Crippen LogP contribution in [0.15, 0.2) is 24.7 Å². The standard InChI is InChI=1S/C15H19N5O2/c1-18-4-11-5-19(13(7-18)9-22-8-11)15(21)12-2-3-14-16-10-17-20(14)6-12/h2-3,6,10-11,13H,4-5,7-9H2,1H3/t11-,13-/m0/s1. The fraction of sp³-hybridized carbons (Fsp3) is 0.533. The van der Waals surface area contributed by atoms with Crippen LogP contribution >= 0.6 is 0 Å². The summed E-state index contributed by atoms with van der Waals surface area (Å²) in [7, 11) is 2.11. The molecule has 0 spiro atoms. The molecule has 2 bridgehead atoms. The Hall–Kier alpha value is -1.99. The van der Waals surface area contributed by atoms with Crippen molar-refractivity contribution in [3.05, 3.63) is 30.2 Å². The van der Waals surface area contributed by atoms with E-state index in [4.69, 9.17) is 4.74 Å². The van der Waals surface area contributed by atoms with Crippen molar-refractivity contribution in [1.82, 2.24) is 24.4 Å². The van der Waals surface area contributed by atoms with E-state index in [0.29, 0.717) is 18.1 Å². The van der Waals surface area contributed by atoms with Crippen LogP contribution in [0.2, 0.25) is 0 Å². The van der Waals surface area contributed by atoms with Crippen LogP contribution in [-0.4, -0.2) is 76.2 Å². The van der Waals surface area contributed by atoms with E-state index < -0.39 is 0 Å². The number of ether oxygens (including phenoxy) is 1. The molecule has 0 aromatic carbocycles. The zero-order valence-corrected chi connectivity index (χ0v) is 12.6. The number of amides is 1. The Labute approximate surface area is 128 Å². The van der Waals surface area contributed by atoms with Crippen molar-refractivity contribution in [3.63, 3.8) is 0 Å². The molecule has 0 unspecified atom stereocenters. The zero-order valence-electron chi connectivity index (χ0n) is 12.6. The van der Waals surface area contributed by atoms with Crippen molar-refractivity contribution in [2.45, 2.75) is 6.04 Å². The highest BCUT2D eigenvalue weighted by molar-refractivity contribution is 5.94. The second-order valence-corrected chi connectivity index (χ2v) is 6.22. The third-order valence-corrected chi connectivity index (χ3v) is 4.43. The highest BCUT2D eigenvalue weighted by Crippen LogP contribution is 2.21. The van der Waals surface area contributed by atoms with Gasteiger partial charge in [-0.05, 0) is 19.2 Å². The number of fused-ring (bicyclic) bond motifs is 4. The summed E-state index contributed by atoms with van der Waals surface area (Å²) in [5.74, 6) is 0.421. The number of nitrogens with zero attached hydrogens (tertiary/aromatic N) is 5. The maximum absolute atomic E-state index is 13.0. The summed E-state index contributed by atoms with van der Waals surface area (Å²) in [6, 6.07) is 3.76. The molecule has 4 rings (SSSR count). The van der Waals surface area contributed by atoms with Gasteiger partial charge >= 0.3 is 0 Å². The van der Waals surface area contributed by atoms with Crippen LogP contribution in [0.1, 0.15) is 10.4 Å². The van der Waals surface area contributed by atoms with E-state index in [1.807, 2.05) is 17.0 Å². The highest BCUT2D eigenvalue weighted by atomic mass is 16.5. The summed E-state index contributed by atoms with van der Waals surface area (Å²) in [5, 5.41) is 4.11. The Balaban J connectivity index is 1.65. The third kappa shape index (κ3) is 2.36. The minimum absolute atomic E-state index is 0.0493. The van der Waals surface area contributed by atoms with E-state index in [0.717, 1.165) is 31.9 Å². The van der Waals surface area contributed by atoms with E-state index in [-0.39, 0.29) is 11.9 Å². The average Bonchev–Trinajstić information content (AvgIpc) is 2.80. The Bertz CT molecular complexity index is 700. The molecule has 2 saturated heterocycles. The minimum Gasteiger partial charge on any atom is -0.379 e. The Morgan fingerprint density at radius 2 is 2.18 bits per heavy atom. The second-order valence-electron chi connectivity index (χ2n) is 6.22. The van der Waals surface area contributed by atoms with Crippen molar-refractivity contribution in [2.75, 3.05) is 39.9 Å². The van der Waals surface area contributed by atoms with Crippen molar-refractivity contribution in [2.24, 2.45) is 5.92 Å². The smallest absolute Gasteiger partial charge is 0.255 e. The van der Waals surface area contributed by atoms with Crippen molar-refractivity contribution >= 4 is 11.6 Å². The maximum atomic E-state index is 13.0. The molecule has 2 aromatic heterocycles. The fourth-order valence-electron chi connectivity index (χ4n) is 3.44. The number of rotatable bonds is 1. The predicted octanol–water partition coefficient (Wildman–Crippen LogP) is 0.132. The molecule has 0 saturated carbocycles. The highest BCUT2D eigenvalue weighted by Gasteiger charge is 2.35. The molecule has 0 N–H and O–H groups in total.